The van der Waals surface area contributed by atoms with Gasteiger partial charge in [-0.15, -0.1) is 0 Å². The SMILES string of the molecule is COc1ccc(N2Cc3c(c4ccc(F)cc4n3C)C2=O)cc1OCCN1CCCCC1. The molecule has 3 aromatic rings. The second-order valence-corrected chi connectivity index (χ2v) is 8.52. The molecule has 1 fully saturated rings. The van der Waals surface area contributed by atoms with Crippen molar-refractivity contribution in [3.05, 3.63) is 53.5 Å². The van der Waals surface area contributed by atoms with E-state index in [-0.39, 0.29) is 11.7 Å². The molecular weight excluding hydrogens is 409 g/mol. The number of aromatic nitrogens is 1. The molecule has 1 aromatic heterocycles. The van der Waals surface area contributed by atoms with Crippen molar-refractivity contribution in [3.63, 3.8) is 0 Å². The summed E-state index contributed by atoms with van der Waals surface area (Å²) in [5.74, 6) is 0.902. The van der Waals surface area contributed by atoms with E-state index < -0.39 is 0 Å². The Morgan fingerprint density at radius 3 is 2.62 bits per heavy atom. The number of likely N-dealkylation sites (tertiary alicyclic amines) is 1. The van der Waals surface area contributed by atoms with Gasteiger partial charge in [-0.1, -0.05) is 6.42 Å². The van der Waals surface area contributed by atoms with Gasteiger partial charge in [0.05, 0.1) is 30.4 Å². The summed E-state index contributed by atoms with van der Waals surface area (Å²) in [7, 11) is 3.50. The first kappa shape index (κ1) is 20.8. The number of methoxy groups -OCH3 is 1. The Bertz CT molecular complexity index is 1170. The van der Waals surface area contributed by atoms with E-state index in [4.69, 9.17) is 9.47 Å². The molecule has 3 heterocycles. The number of hydrogen-bond acceptors (Lipinski definition) is 4. The molecule has 0 saturated carbocycles. The highest BCUT2D eigenvalue weighted by Crippen LogP contribution is 2.38. The minimum Gasteiger partial charge on any atom is -0.493 e. The molecule has 32 heavy (non-hydrogen) atoms. The average molecular weight is 438 g/mol. The monoisotopic (exact) mass is 437 g/mol. The summed E-state index contributed by atoms with van der Waals surface area (Å²) in [5.41, 5.74) is 3.03. The summed E-state index contributed by atoms with van der Waals surface area (Å²) in [6, 6.07) is 10.2. The van der Waals surface area contributed by atoms with Crippen LogP contribution in [0, 0.1) is 5.82 Å². The average Bonchev–Trinajstić information content (AvgIpc) is 3.29. The highest BCUT2D eigenvalue weighted by Gasteiger charge is 2.34. The van der Waals surface area contributed by atoms with Gasteiger partial charge in [0, 0.05) is 30.7 Å². The van der Waals surface area contributed by atoms with E-state index in [0.29, 0.717) is 30.2 Å². The summed E-state index contributed by atoms with van der Waals surface area (Å²) < 4.78 is 27.2. The first-order valence-corrected chi connectivity index (χ1v) is 11.2. The normalized spacial score (nSPS) is 16.6. The van der Waals surface area contributed by atoms with Crippen LogP contribution in [0.15, 0.2) is 36.4 Å². The number of benzene rings is 2. The van der Waals surface area contributed by atoms with Crippen molar-refractivity contribution in [2.45, 2.75) is 25.8 Å². The molecule has 0 unspecified atom stereocenters. The van der Waals surface area contributed by atoms with Crippen molar-refractivity contribution >= 4 is 22.5 Å². The van der Waals surface area contributed by atoms with Gasteiger partial charge in [0.1, 0.15) is 12.4 Å². The number of carbonyl (C=O) groups is 1. The summed E-state index contributed by atoms with van der Waals surface area (Å²) in [6.07, 6.45) is 3.80. The highest BCUT2D eigenvalue weighted by molar-refractivity contribution is 6.18. The Labute approximate surface area is 187 Å². The fraction of sp³-hybridized carbons (Fsp3) is 0.400. The minimum atomic E-state index is -0.303. The molecule has 7 heteroatoms. The van der Waals surface area contributed by atoms with Crippen LogP contribution in [0.4, 0.5) is 10.1 Å². The van der Waals surface area contributed by atoms with Crippen LogP contribution in [-0.4, -0.2) is 48.7 Å². The molecular formula is C25H28FN3O3. The molecule has 2 aromatic carbocycles. The van der Waals surface area contributed by atoms with Crippen molar-refractivity contribution in [3.8, 4) is 11.5 Å². The molecule has 0 aliphatic carbocycles. The van der Waals surface area contributed by atoms with Gasteiger partial charge >= 0.3 is 0 Å². The maximum Gasteiger partial charge on any atom is 0.261 e. The summed E-state index contributed by atoms with van der Waals surface area (Å²) in [4.78, 5) is 17.5. The fourth-order valence-electron chi connectivity index (χ4n) is 4.86. The lowest BCUT2D eigenvalue weighted by molar-refractivity contribution is 0.0998. The quantitative estimate of drug-likeness (QED) is 0.575. The van der Waals surface area contributed by atoms with Crippen molar-refractivity contribution in [1.29, 1.82) is 0 Å². The largest absolute Gasteiger partial charge is 0.493 e. The van der Waals surface area contributed by atoms with Crippen LogP contribution in [0.25, 0.3) is 10.9 Å². The van der Waals surface area contributed by atoms with Gasteiger partial charge in [0.25, 0.3) is 5.91 Å². The van der Waals surface area contributed by atoms with E-state index in [9.17, 15) is 9.18 Å². The highest BCUT2D eigenvalue weighted by atomic mass is 19.1. The number of rotatable bonds is 6. The van der Waals surface area contributed by atoms with Crippen LogP contribution in [-0.2, 0) is 13.6 Å². The fourth-order valence-corrected chi connectivity index (χ4v) is 4.86. The molecule has 0 N–H and O–H groups in total. The maximum atomic E-state index is 13.7. The summed E-state index contributed by atoms with van der Waals surface area (Å²) in [5, 5.41) is 0.780. The number of fused-ring (bicyclic) bond motifs is 3. The van der Waals surface area contributed by atoms with Crippen molar-refractivity contribution < 1.29 is 18.7 Å². The Morgan fingerprint density at radius 1 is 1.03 bits per heavy atom. The Hall–Kier alpha value is -3.06. The zero-order chi connectivity index (χ0) is 22.2. The molecule has 5 rings (SSSR count). The van der Waals surface area contributed by atoms with Gasteiger partial charge in [0.2, 0.25) is 0 Å². The predicted octanol–water partition coefficient (Wildman–Crippen LogP) is 4.35. The van der Waals surface area contributed by atoms with Crippen molar-refractivity contribution in [2.75, 3.05) is 38.3 Å². The number of amides is 1. The van der Waals surface area contributed by atoms with Gasteiger partial charge in [-0.05, 0) is 56.3 Å². The second-order valence-electron chi connectivity index (χ2n) is 8.52. The van der Waals surface area contributed by atoms with E-state index in [1.807, 2.05) is 29.8 Å². The lowest BCUT2D eigenvalue weighted by atomic mass is 10.1. The third kappa shape index (κ3) is 3.60. The summed E-state index contributed by atoms with van der Waals surface area (Å²) >= 11 is 0. The van der Waals surface area contributed by atoms with Gasteiger partial charge in [-0.3, -0.25) is 9.69 Å². The topological polar surface area (TPSA) is 46.9 Å². The smallest absolute Gasteiger partial charge is 0.261 e. The molecule has 0 atom stereocenters. The Morgan fingerprint density at radius 2 is 1.84 bits per heavy atom. The number of hydrogen-bond donors (Lipinski definition) is 0. The van der Waals surface area contributed by atoms with Gasteiger partial charge < -0.3 is 18.9 Å². The number of piperidine rings is 1. The Kier molecular flexibility index (Phi) is 5.51. The minimum absolute atomic E-state index is 0.0818. The van der Waals surface area contributed by atoms with Crippen molar-refractivity contribution in [2.24, 2.45) is 7.05 Å². The summed E-state index contributed by atoms with van der Waals surface area (Å²) in [6.45, 7) is 4.13. The maximum absolute atomic E-state index is 13.7. The molecule has 1 amide bonds. The van der Waals surface area contributed by atoms with E-state index in [2.05, 4.69) is 4.90 Å². The van der Waals surface area contributed by atoms with E-state index in [1.54, 1.807) is 18.1 Å². The molecule has 0 bridgehead atoms. The number of ether oxygens (including phenoxy) is 2. The number of anilines is 1. The molecule has 2 aliphatic heterocycles. The van der Waals surface area contributed by atoms with Crippen LogP contribution >= 0.6 is 0 Å². The van der Waals surface area contributed by atoms with E-state index in [0.717, 1.165) is 41.9 Å². The molecule has 0 radical (unpaired) electrons. The lowest BCUT2D eigenvalue weighted by Crippen LogP contribution is -2.33. The van der Waals surface area contributed by atoms with E-state index >= 15 is 0 Å². The van der Waals surface area contributed by atoms with Crippen LogP contribution in [0.2, 0.25) is 0 Å². The van der Waals surface area contributed by atoms with Gasteiger partial charge in [0.15, 0.2) is 11.5 Å². The number of halogens is 1. The number of aryl methyl sites for hydroxylation is 1. The van der Waals surface area contributed by atoms with Crippen LogP contribution < -0.4 is 14.4 Å². The van der Waals surface area contributed by atoms with Crippen LogP contribution in [0.1, 0.15) is 35.3 Å². The first-order chi connectivity index (χ1) is 15.6. The molecule has 6 nitrogen and oxygen atoms in total. The molecule has 168 valence electrons. The first-order valence-electron chi connectivity index (χ1n) is 11.2. The standard InChI is InChI=1S/C25H28FN3O3/c1-27-20-14-17(26)6-8-19(20)24-21(27)16-29(25(24)30)18-7-9-22(31-2)23(15-18)32-13-12-28-10-4-3-5-11-28/h6-9,14-15H,3-5,10-13,16H2,1-2H3. The Balaban J connectivity index is 1.37. The molecule has 2 aliphatic rings. The lowest BCUT2D eigenvalue weighted by Gasteiger charge is -2.26. The van der Waals surface area contributed by atoms with E-state index in [1.165, 1.54) is 31.4 Å². The third-order valence-electron chi connectivity index (χ3n) is 6.62. The number of nitrogens with zero attached hydrogens (tertiary/aromatic N) is 3. The molecule has 1 saturated heterocycles. The predicted molar refractivity (Wildman–Crippen MR) is 122 cm³/mol. The number of carbonyl (C=O) groups excluding carboxylic acids is 1. The van der Waals surface area contributed by atoms with Gasteiger partial charge in [-0.2, -0.15) is 0 Å². The third-order valence-corrected chi connectivity index (χ3v) is 6.62. The van der Waals surface area contributed by atoms with Gasteiger partial charge in [-0.25, -0.2) is 4.39 Å². The van der Waals surface area contributed by atoms with Crippen LogP contribution in [0.5, 0.6) is 11.5 Å². The van der Waals surface area contributed by atoms with Crippen LogP contribution in [0.3, 0.4) is 0 Å². The molecule has 0 spiro atoms. The zero-order valence-corrected chi connectivity index (χ0v) is 18.6. The zero-order valence-electron chi connectivity index (χ0n) is 18.6. The second kappa shape index (κ2) is 8.47. The van der Waals surface area contributed by atoms with Crippen molar-refractivity contribution in [1.82, 2.24) is 9.47 Å².